The summed E-state index contributed by atoms with van der Waals surface area (Å²) >= 11 is 1.56. The lowest BCUT2D eigenvalue weighted by molar-refractivity contribution is 0.545. The summed E-state index contributed by atoms with van der Waals surface area (Å²) in [5.41, 5.74) is 8.78. The summed E-state index contributed by atoms with van der Waals surface area (Å²) in [7, 11) is 0. The molecule has 0 fully saturated rings. The van der Waals surface area contributed by atoms with E-state index in [4.69, 9.17) is 5.73 Å². The largest absolute Gasteiger partial charge is 0.322 e. The van der Waals surface area contributed by atoms with E-state index in [1.807, 2.05) is 10.1 Å². The van der Waals surface area contributed by atoms with Crippen LogP contribution in [0.5, 0.6) is 0 Å². The Morgan fingerprint density at radius 1 is 1.50 bits per heavy atom. The molecule has 16 heavy (non-hydrogen) atoms. The van der Waals surface area contributed by atoms with Gasteiger partial charge in [-0.25, -0.2) is 9.97 Å². The Kier molecular flexibility index (Phi) is 3.63. The first-order chi connectivity index (χ1) is 7.81. The van der Waals surface area contributed by atoms with Gasteiger partial charge in [-0.05, 0) is 6.42 Å². The van der Waals surface area contributed by atoms with Gasteiger partial charge in [-0.15, -0.1) is 11.3 Å². The third-order valence-corrected chi connectivity index (χ3v) is 2.97. The Labute approximate surface area is 98.3 Å². The van der Waals surface area contributed by atoms with Crippen LogP contribution in [0.4, 0.5) is 0 Å². The highest BCUT2D eigenvalue weighted by Gasteiger charge is 2.13. The van der Waals surface area contributed by atoms with Crippen molar-refractivity contribution in [2.75, 3.05) is 0 Å². The molecule has 0 aliphatic heterocycles. The summed E-state index contributed by atoms with van der Waals surface area (Å²) < 4.78 is 1.91. The van der Waals surface area contributed by atoms with Crippen molar-refractivity contribution >= 4 is 11.3 Å². The van der Waals surface area contributed by atoms with Gasteiger partial charge in [0.25, 0.3) is 0 Å². The molecule has 86 valence electrons. The fourth-order valence-corrected chi connectivity index (χ4v) is 2.17. The molecule has 0 radical (unpaired) electrons. The lowest BCUT2D eigenvalue weighted by Gasteiger charge is -2.09. The molecule has 2 N–H and O–H groups in total. The summed E-state index contributed by atoms with van der Waals surface area (Å²) in [4.78, 5) is 8.44. The van der Waals surface area contributed by atoms with Crippen LogP contribution in [-0.4, -0.2) is 19.7 Å². The van der Waals surface area contributed by atoms with Crippen LogP contribution >= 0.6 is 11.3 Å². The van der Waals surface area contributed by atoms with Crippen molar-refractivity contribution in [3.63, 3.8) is 0 Å². The van der Waals surface area contributed by atoms with Crippen LogP contribution < -0.4 is 5.73 Å². The van der Waals surface area contributed by atoms with Crippen molar-refractivity contribution < 1.29 is 0 Å². The second-order valence-corrected chi connectivity index (χ2v) is 4.34. The number of hydrogen-bond donors (Lipinski definition) is 1. The molecule has 0 saturated carbocycles. The van der Waals surface area contributed by atoms with E-state index in [1.165, 1.54) is 0 Å². The van der Waals surface area contributed by atoms with Gasteiger partial charge in [-0.2, -0.15) is 5.10 Å². The quantitative estimate of drug-likeness (QED) is 0.853. The number of nitrogens with zero attached hydrogens (tertiary/aromatic N) is 4. The Balaban J connectivity index is 2.06. The maximum atomic E-state index is 6.06. The molecule has 1 atom stereocenters. The zero-order chi connectivity index (χ0) is 11.4. The van der Waals surface area contributed by atoms with Gasteiger partial charge in [0.15, 0.2) is 0 Å². The van der Waals surface area contributed by atoms with E-state index in [1.54, 1.807) is 23.2 Å². The normalized spacial score (nSPS) is 12.9. The van der Waals surface area contributed by atoms with Crippen molar-refractivity contribution in [1.82, 2.24) is 19.7 Å². The maximum Gasteiger partial charge on any atom is 0.138 e. The summed E-state index contributed by atoms with van der Waals surface area (Å²) in [5.74, 6) is 0.933. The van der Waals surface area contributed by atoms with Crippen LogP contribution in [0.15, 0.2) is 17.2 Å². The molecule has 0 aliphatic carbocycles. The van der Waals surface area contributed by atoms with Crippen LogP contribution in [0.3, 0.4) is 0 Å². The Bertz CT molecular complexity index is 422. The molecule has 0 aromatic carbocycles. The van der Waals surface area contributed by atoms with E-state index in [0.717, 1.165) is 24.5 Å². The maximum absolute atomic E-state index is 6.06. The zero-order valence-electron chi connectivity index (χ0n) is 9.21. The molecule has 0 aliphatic rings. The predicted octanol–water partition coefficient (Wildman–Crippen LogP) is 1.39. The lowest BCUT2D eigenvalue weighted by Crippen LogP contribution is -2.17. The first-order valence-electron chi connectivity index (χ1n) is 5.31. The van der Waals surface area contributed by atoms with Crippen LogP contribution in [0.25, 0.3) is 0 Å². The number of rotatable bonds is 5. The Hall–Kier alpha value is -1.27. The van der Waals surface area contributed by atoms with E-state index in [-0.39, 0.29) is 6.04 Å². The first kappa shape index (κ1) is 11.2. The molecule has 0 amide bonds. The van der Waals surface area contributed by atoms with Crippen molar-refractivity contribution in [2.24, 2.45) is 5.73 Å². The van der Waals surface area contributed by atoms with Gasteiger partial charge in [0.1, 0.15) is 12.2 Å². The van der Waals surface area contributed by atoms with Gasteiger partial charge in [0.05, 0.1) is 17.2 Å². The minimum Gasteiger partial charge on any atom is -0.322 e. The average Bonchev–Trinajstić information content (AvgIpc) is 2.90. The van der Waals surface area contributed by atoms with Crippen LogP contribution in [0.2, 0.25) is 0 Å². The van der Waals surface area contributed by atoms with Crippen LogP contribution in [0.1, 0.15) is 30.9 Å². The molecule has 0 spiro atoms. The van der Waals surface area contributed by atoms with E-state index in [9.17, 15) is 0 Å². The Morgan fingerprint density at radius 3 is 3.06 bits per heavy atom. The summed E-state index contributed by atoms with van der Waals surface area (Å²) in [6.45, 7) is 3.00. The van der Waals surface area contributed by atoms with Crippen molar-refractivity contribution in [1.29, 1.82) is 0 Å². The zero-order valence-corrected chi connectivity index (χ0v) is 10.0. The highest BCUT2D eigenvalue weighted by Crippen LogP contribution is 2.14. The highest BCUT2D eigenvalue weighted by atomic mass is 32.1. The SMILES string of the molecule is CCCn1ncnc1CC(N)c1cscn1. The predicted molar refractivity (Wildman–Crippen MR) is 63.1 cm³/mol. The van der Waals surface area contributed by atoms with Crippen molar-refractivity contribution in [3.8, 4) is 0 Å². The standard InChI is InChI=1S/C10H15N5S/c1-2-3-15-10(12-6-14-15)4-8(11)9-5-16-7-13-9/h5-8H,2-4,11H2,1H3. The molecule has 0 bridgehead atoms. The molecule has 2 heterocycles. The van der Waals surface area contributed by atoms with E-state index in [0.29, 0.717) is 6.42 Å². The monoisotopic (exact) mass is 237 g/mol. The van der Waals surface area contributed by atoms with Crippen LogP contribution in [-0.2, 0) is 13.0 Å². The summed E-state index contributed by atoms with van der Waals surface area (Å²) in [5, 5.41) is 6.15. The van der Waals surface area contributed by atoms with Crippen molar-refractivity contribution in [2.45, 2.75) is 32.4 Å². The molecular formula is C10H15N5S. The van der Waals surface area contributed by atoms with E-state index in [2.05, 4.69) is 22.0 Å². The van der Waals surface area contributed by atoms with Crippen LogP contribution in [0, 0.1) is 0 Å². The average molecular weight is 237 g/mol. The molecule has 0 saturated heterocycles. The molecule has 2 aromatic rings. The molecule has 5 nitrogen and oxygen atoms in total. The van der Waals surface area contributed by atoms with Gasteiger partial charge >= 0.3 is 0 Å². The van der Waals surface area contributed by atoms with Gasteiger partial charge in [-0.3, -0.25) is 4.68 Å². The molecule has 2 rings (SSSR count). The van der Waals surface area contributed by atoms with Crippen molar-refractivity contribution in [3.05, 3.63) is 28.7 Å². The topological polar surface area (TPSA) is 69.6 Å². The third kappa shape index (κ3) is 2.45. The number of aromatic nitrogens is 4. The number of hydrogen-bond acceptors (Lipinski definition) is 5. The highest BCUT2D eigenvalue weighted by molar-refractivity contribution is 7.07. The Morgan fingerprint density at radius 2 is 2.38 bits per heavy atom. The second kappa shape index (κ2) is 5.18. The minimum atomic E-state index is -0.0916. The van der Waals surface area contributed by atoms with Gasteiger partial charge in [-0.1, -0.05) is 6.92 Å². The van der Waals surface area contributed by atoms with Gasteiger partial charge < -0.3 is 5.73 Å². The third-order valence-electron chi connectivity index (χ3n) is 2.36. The number of nitrogens with two attached hydrogens (primary N) is 1. The molecule has 2 aromatic heterocycles. The molecule has 6 heteroatoms. The van der Waals surface area contributed by atoms with Gasteiger partial charge in [0, 0.05) is 18.3 Å². The minimum absolute atomic E-state index is 0.0916. The summed E-state index contributed by atoms with van der Waals surface area (Å²) in [6.07, 6.45) is 3.31. The lowest BCUT2D eigenvalue weighted by atomic mass is 10.1. The van der Waals surface area contributed by atoms with Gasteiger partial charge in [0.2, 0.25) is 0 Å². The fourth-order valence-electron chi connectivity index (χ4n) is 1.55. The van der Waals surface area contributed by atoms with E-state index < -0.39 is 0 Å². The molecule has 1 unspecified atom stereocenters. The number of thiazole rings is 1. The van der Waals surface area contributed by atoms with E-state index >= 15 is 0 Å². The fraction of sp³-hybridized carbons (Fsp3) is 0.500. The second-order valence-electron chi connectivity index (χ2n) is 3.62. The first-order valence-corrected chi connectivity index (χ1v) is 6.26. The molecular weight excluding hydrogens is 222 g/mol. The summed E-state index contributed by atoms with van der Waals surface area (Å²) in [6, 6.07) is -0.0916. The smallest absolute Gasteiger partial charge is 0.138 e. The number of aryl methyl sites for hydroxylation is 1.